The number of aromatic nitrogens is 3. The zero-order valence-corrected chi connectivity index (χ0v) is 18.3. The van der Waals surface area contributed by atoms with Gasteiger partial charge in [-0.15, -0.1) is 5.10 Å². The molecule has 0 unspecified atom stereocenters. The standard InChI is InChI=1S/C24H25N5O4/c1-25-23(32)17-11-13-19(14-12-17)29-22(16-7-3-2-4-8-16)26-21(27-29)24(33)28(15-20(30)31)18-9-5-6-10-18/h2-4,7-8,11-14,18H,5-6,9-10,15H2,1H3,(H,25,32)(H,30,31). The number of carbonyl (C=O) groups is 3. The summed E-state index contributed by atoms with van der Waals surface area (Å²) < 4.78 is 1.55. The van der Waals surface area contributed by atoms with Crippen LogP contribution >= 0.6 is 0 Å². The largest absolute Gasteiger partial charge is 0.480 e. The quantitative estimate of drug-likeness (QED) is 0.575. The minimum absolute atomic E-state index is 0.0580. The van der Waals surface area contributed by atoms with E-state index in [0.29, 0.717) is 17.1 Å². The number of hydrogen-bond acceptors (Lipinski definition) is 5. The molecule has 1 aliphatic rings. The van der Waals surface area contributed by atoms with Gasteiger partial charge in [0.05, 0.1) is 5.69 Å². The minimum atomic E-state index is -1.07. The van der Waals surface area contributed by atoms with Gasteiger partial charge in [-0.1, -0.05) is 43.2 Å². The number of carboxylic acids is 1. The summed E-state index contributed by atoms with van der Waals surface area (Å²) in [5, 5.41) is 16.4. The maximum Gasteiger partial charge on any atom is 0.323 e. The Kier molecular flexibility index (Phi) is 6.48. The van der Waals surface area contributed by atoms with Gasteiger partial charge in [0.2, 0.25) is 5.82 Å². The molecule has 0 bridgehead atoms. The van der Waals surface area contributed by atoms with Gasteiger partial charge in [-0.2, -0.15) is 0 Å². The normalized spacial score (nSPS) is 13.6. The van der Waals surface area contributed by atoms with E-state index < -0.39 is 11.9 Å². The molecule has 1 aliphatic carbocycles. The molecule has 2 aromatic carbocycles. The van der Waals surface area contributed by atoms with Gasteiger partial charge in [0.15, 0.2) is 5.82 Å². The van der Waals surface area contributed by atoms with Crippen LogP contribution in [0.2, 0.25) is 0 Å². The summed E-state index contributed by atoms with van der Waals surface area (Å²) in [5.41, 5.74) is 1.87. The van der Waals surface area contributed by atoms with Crippen LogP contribution in [0.5, 0.6) is 0 Å². The third-order valence-electron chi connectivity index (χ3n) is 5.76. The minimum Gasteiger partial charge on any atom is -0.480 e. The molecule has 1 fully saturated rings. The first-order valence-electron chi connectivity index (χ1n) is 10.9. The number of nitrogens with one attached hydrogen (secondary N) is 1. The van der Waals surface area contributed by atoms with Crippen LogP contribution in [0.3, 0.4) is 0 Å². The van der Waals surface area contributed by atoms with E-state index in [2.05, 4.69) is 15.4 Å². The summed E-state index contributed by atoms with van der Waals surface area (Å²) in [6.07, 6.45) is 3.46. The summed E-state index contributed by atoms with van der Waals surface area (Å²) in [5.74, 6) is -1.38. The molecular weight excluding hydrogens is 422 g/mol. The van der Waals surface area contributed by atoms with Crippen LogP contribution in [-0.4, -0.2) is 62.2 Å². The monoisotopic (exact) mass is 447 g/mol. The highest BCUT2D eigenvalue weighted by Gasteiger charge is 2.32. The zero-order chi connectivity index (χ0) is 23.4. The molecule has 0 aliphatic heterocycles. The number of hydrogen-bond donors (Lipinski definition) is 2. The van der Waals surface area contributed by atoms with E-state index in [-0.39, 0.29) is 24.3 Å². The lowest BCUT2D eigenvalue weighted by Gasteiger charge is -2.26. The lowest BCUT2D eigenvalue weighted by atomic mass is 10.2. The number of amides is 2. The molecule has 33 heavy (non-hydrogen) atoms. The van der Waals surface area contributed by atoms with Crippen molar-refractivity contribution < 1.29 is 19.5 Å². The van der Waals surface area contributed by atoms with Gasteiger partial charge in [0.25, 0.3) is 11.8 Å². The third-order valence-corrected chi connectivity index (χ3v) is 5.76. The molecule has 2 N–H and O–H groups in total. The third kappa shape index (κ3) is 4.77. The van der Waals surface area contributed by atoms with Gasteiger partial charge in [0, 0.05) is 24.2 Å². The summed E-state index contributed by atoms with van der Waals surface area (Å²) in [7, 11) is 1.56. The van der Waals surface area contributed by atoms with Crippen molar-refractivity contribution in [3.63, 3.8) is 0 Å². The van der Waals surface area contributed by atoms with Crippen LogP contribution in [0.4, 0.5) is 0 Å². The first kappa shape index (κ1) is 22.2. The average Bonchev–Trinajstić information content (AvgIpc) is 3.53. The van der Waals surface area contributed by atoms with Crippen molar-refractivity contribution in [3.8, 4) is 17.1 Å². The number of rotatable bonds is 7. The van der Waals surface area contributed by atoms with Gasteiger partial charge in [0.1, 0.15) is 6.54 Å². The van der Waals surface area contributed by atoms with Crippen molar-refractivity contribution in [1.29, 1.82) is 0 Å². The molecule has 2 amide bonds. The summed E-state index contributed by atoms with van der Waals surface area (Å²) in [6, 6.07) is 16.0. The molecule has 9 nitrogen and oxygen atoms in total. The Morgan fingerprint density at radius 3 is 2.33 bits per heavy atom. The van der Waals surface area contributed by atoms with Gasteiger partial charge >= 0.3 is 5.97 Å². The Morgan fingerprint density at radius 2 is 1.73 bits per heavy atom. The van der Waals surface area contributed by atoms with E-state index in [0.717, 1.165) is 31.2 Å². The fraction of sp³-hybridized carbons (Fsp3) is 0.292. The molecule has 0 saturated heterocycles. The molecule has 3 aromatic rings. The fourth-order valence-electron chi connectivity index (χ4n) is 4.11. The van der Waals surface area contributed by atoms with Crippen molar-refractivity contribution in [2.45, 2.75) is 31.7 Å². The number of carbonyl (C=O) groups excluding carboxylic acids is 2. The SMILES string of the molecule is CNC(=O)c1ccc(-n2nc(C(=O)N(CC(=O)O)C3CCCC3)nc2-c2ccccc2)cc1. The van der Waals surface area contributed by atoms with Crippen molar-refractivity contribution in [1.82, 2.24) is 25.0 Å². The molecule has 4 rings (SSSR count). The summed E-state index contributed by atoms with van der Waals surface area (Å²) in [6.45, 7) is -0.389. The predicted molar refractivity (Wildman–Crippen MR) is 121 cm³/mol. The zero-order valence-electron chi connectivity index (χ0n) is 18.3. The Bertz CT molecular complexity index is 1150. The highest BCUT2D eigenvalue weighted by Crippen LogP contribution is 2.26. The Labute approximate surface area is 191 Å². The first-order chi connectivity index (χ1) is 16.0. The number of aliphatic carboxylic acids is 1. The first-order valence-corrected chi connectivity index (χ1v) is 10.9. The van der Waals surface area contributed by atoms with E-state index in [1.54, 1.807) is 36.0 Å². The van der Waals surface area contributed by atoms with Gasteiger partial charge in [-0.25, -0.2) is 9.67 Å². The molecule has 1 aromatic heterocycles. The van der Waals surface area contributed by atoms with Crippen LogP contribution in [-0.2, 0) is 4.79 Å². The van der Waals surface area contributed by atoms with Gasteiger partial charge in [-0.3, -0.25) is 14.4 Å². The van der Waals surface area contributed by atoms with Crippen LogP contribution in [0.15, 0.2) is 54.6 Å². The summed E-state index contributed by atoms with van der Waals surface area (Å²) >= 11 is 0. The maximum absolute atomic E-state index is 13.3. The highest BCUT2D eigenvalue weighted by atomic mass is 16.4. The molecule has 1 saturated carbocycles. The highest BCUT2D eigenvalue weighted by molar-refractivity contribution is 5.94. The molecule has 1 heterocycles. The van der Waals surface area contributed by atoms with Gasteiger partial charge < -0.3 is 15.3 Å². The number of nitrogens with zero attached hydrogens (tertiary/aromatic N) is 4. The van der Waals surface area contributed by atoms with Crippen molar-refractivity contribution >= 4 is 17.8 Å². The molecule has 0 radical (unpaired) electrons. The predicted octanol–water partition coefficient (Wildman–Crippen LogP) is 2.76. The second kappa shape index (κ2) is 9.64. The van der Waals surface area contributed by atoms with Crippen molar-refractivity contribution in [2.75, 3.05) is 13.6 Å². The molecule has 9 heteroatoms. The van der Waals surface area contributed by atoms with E-state index in [1.165, 1.54) is 4.90 Å². The Balaban J connectivity index is 1.75. The number of carboxylic acid groups (broad SMARTS) is 1. The van der Waals surface area contributed by atoms with E-state index in [9.17, 15) is 19.5 Å². The van der Waals surface area contributed by atoms with Crippen LogP contribution < -0.4 is 5.32 Å². The van der Waals surface area contributed by atoms with Crippen molar-refractivity contribution in [3.05, 3.63) is 66.0 Å². The Hall–Kier alpha value is -4.01. The number of benzene rings is 2. The van der Waals surface area contributed by atoms with Gasteiger partial charge in [-0.05, 0) is 37.1 Å². The van der Waals surface area contributed by atoms with Crippen molar-refractivity contribution in [2.24, 2.45) is 0 Å². The Morgan fingerprint density at radius 1 is 1.06 bits per heavy atom. The topological polar surface area (TPSA) is 117 Å². The molecule has 0 atom stereocenters. The van der Waals surface area contributed by atoms with Crippen LogP contribution in [0.25, 0.3) is 17.1 Å². The second-order valence-electron chi connectivity index (χ2n) is 7.93. The lowest BCUT2D eigenvalue weighted by Crippen LogP contribution is -2.42. The molecule has 0 spiro atoms. The van der Waals surface area contributed by atoms with E-state index >= 15 is 0 Å². The van der Waals surface area contributed by atoms with E-state index in [4.69, 9.17) is 0 Å². The average molecular weight is 447 g/mol. The lowest BCUT2D eigenvalue weighted by molar-refractivity contribution is -0.138. The smallest absolute Gasteiger partial charge is 0.323 e. The van der Waals surface area contributed by atoms with Crippen LogP contribution in [0, 0.1) is 0 Å². The van der Waals surface area contributed by atoms with Crippen LogP contribution in [0.1, 0.15) is 46.7 Å². The summed E-state index contributed by atoms with van der Waals surface area (Å²) in [4.78, 5) is 42.6. The fourth-order valence-corrected chi connectivity index (χ4v) is 4.11. The maximum atomic E-state index is 13.3. The molecule has 170 valence electrons. The van der Waals surface area contributed by atoms with E-state index in [1.807, 2.05) is 30.3 Å². The second-order valence-corrected chi connectivity index (χ2v) is 7.93. The molecular formula is C24H25N5O4.